The molecule has 0 bridgehead atoms. The van der Waals surface area contributed by atoms with E-state index < -0.39 is 15.6 Å². The lowest BCUT2D eigenvalue weighted by Crippen LogP contribution is -2.21. The molecular weight excluding hydrogens is 481 g/mol. The first-order valence-electron chi connectivity index (χ1n) is 9.21. The molecule has 0 saturated carbocycles. The molecule has 0 amide bonds. The molecule has 0 N–H and O–H groups in total. The molecule has 0 atom stereocenters. The molecule has 0 unspecified atom stereocenters. The van der Waals surface area contributed by atoms with Gasteiger partial charge in [-0.1, -0.05) is 24.3 Å². The summed E-state index contributed by atoms with van der Waals surface area (Å²) in [5, 5.41) is 2.52. The number of esters is 1. The first kappa shape index (κ1) is 24.5. The van der Waals surface area contributed by atoms with Crippen LogP contribution in [0.4, 0.5) is 13.2 Å². The van der Waals surface area contributed by atoms with Crippen LogP contribution in [0.5, 0.6) is 5.75 Å². The number of benzene rings is 3. The highest BCUT2D eigenvalue weighted by Crippen LogP contribution is 2.48. The van der Waals surface area contributed by atoms with Crippen molar-refractivity contribution >= 4 is 46.7 Å². The highest BCUT2D eigenvalue weighted by Gasteiger charge is 2.37. The fourth-order valence-electron chi connectivity index (χ4n) is 3.19. The van der Waals surface area contributed by atoms with Gasteiger partial charge in [0.05, 0.1) is 14.2 Å². The smallest absolute Gasteiger partial charge is 0.485 e. The third kappa shape index (κ3) is 4.95. The molecule has 0 spiro atoms. The summed E-state index contributed by atoms with van der Waals surface area (Å²) < 4.78 is 71.7. The Kier molecular flexibility index (Phi) is 6.96. The summed E-state index contributed by atoms with van der Waals surface area (Å²) in [5.74, 6) is 0.142. The van der Waals surface area contributed by atoms with E-state index in [0.29, 0.717) is 11.3 Å². The van der Waals surface area contributed by atoms with Gasteiger partial charge in [-0.05, 0) is 30.3 Å². The van der Waals surface area contributed by atoms with Crippen LogP contribution >= 0.6 is 10.5 Å². The van der Waals surface area contributed by atoms with Gasteiger partial charge >= 0.3 is 11.5 Å². The van der Waals surface area contributed by atoms with Gasteiger partial charge in [-0.15, -0.1) is 0 Å². The number of thiophene rings is 1. The zero-order chi connectivity index (χ0) is 24.4. The van der Waals surface area contributed by atoms with E-state index in [9.17, 15) is 18.0 Å². The number of ether oxygens (including phenoxy) is 2. The number of alkyl halides is 3. The third-order valence-electron chi connectivity index (χ3n) is 4.60. The minimum atomic E-state index is -6.09. The molecule has 0 aliphatic heterocycles. The molecule has 174 valence electrons. The van der Waals surface area contributed by atoms with Crippen molar-refractivity contribution in [1.29, 1.82) is 0 Å². The second kappa shape index (κ2) is 9.38. The minimum absolute atomic E-state index is 0.243. The van der Waals surface area contributed by atoms with Gasteiger partial charge in [0.1, 0.15) is 11.3 Å². The molecule has 6 nitrogen and oxygen atoms in total. The van der Waals surface area contributed by atoms with E-state index in [1.165, 1.54) is 27.3 Å². The summed E-state index contributed by atoms with van der Waals surface area (Å²) in [7, 11) is -3.39. The van der Waals surface area contributed by atoms with Crippen LogP contribution in [0, 0.1) is 0 Å². The molecule has 4 aromatic rings. The number of fused-ring (bicyclic) bond motifs is 3. The predicted octanol–water partition coefficient (Wildman–Crippen LogP) is 5.58. The Morgan fingerprint density at radius 1 is 0.909 bits per heavy atom. The van der Waals surface area contributed by atoms with Crippen molar-refractivity contribution in [2.75, 3.05) is 14.2 Å². The molecule has 1 aromatic heterocycles. The molecule has 11 heteroatoms. The van der Waals surface area contributed by atoms with Gasteiger partial charge < -0.3 is 14.0 Å². The van der Waals surface area contributed by atoms with Gasteiger partial charge in [-0.2, -0.15) is 13.2 Å². The Bertz CT molecular complexity index is 1370. The van der Waals surface area contributed by atoms with Crippen molar-refractivity contribution < 1.29 is 40.4 Å². The van der Waals surface area contributed by atoms with E-state index >= 15 is 0 Å². The molecule has 0 radical (unpaired) electrons. The van der Waals surface area contributed by atoms with E-state index in [4.69, 9.17) is 22.4 Å². The van der Waals surface area contributed by atoms with Gasteiger partial charge in [0, 0.05) is 33.4 Å². The first-order valence-corrected chi connectivity index (χ1v) is 11.8. The Morgan fingerprint density at radius 3 is 1.82 bits per heavy atom. The van der Waals surface area contributed by atoms with Gasteiger partial charge in [-0.3, -0.25) is 0 Å². The quantitative estimate of drug-likeness (QED) is 0.159. The highest BCUT2D eigenvalue weighted by molar-refractivity contribution is 7.86. The third-order valence-corrected chi connectivity index (χ3v) is 7.48. The van der Waals surface area contributed by atoms with E-state index in [1.807, 2.05) is 18.2 Å². The van der Waals surface area contributed by atoms with E-state index in [-0.39, 0.29) is 16.4 Å². The van der Waals surface area contributed by atoms with Crippen molar-refractivity contribution in [2.45, 2.75) is 5.51 Å². The summed E-state index contributed by atoms with van der Waals surface area (Å²) in [6.07, 6.45) is 0. The van der Waals surface area contributed by atoms with Crippen LogP contribution in [0.2, 0.25) is 0 Å². The molecule has 33 heavy (non-hydrogen) atoms. The fourth-order valence-corrected chi connectivity index (χ4v) is 5.60. The Balaban J connectivity index is 0.000000331. The van der Waals surface area contributed by atoms with Crippen LogP contribution in [0.1, 0.15) is 10.4 Å². The van der Waals surface area contributed by atoms with Crippen molar-refractivity contribution in [1.82, 2.24) is 0 Å². The van der Waals surface area contributed by atoms with E-state index in [1.54, 1.807) is 7.11 Å². The number of hydrogen-bond acceptors (Lipinski definition) is 6. The summed E-state index contributed by atoms with van der Waals surface area (Å²) in [4.78, 5) is 13.2. The number of hydrogen-bond donors (Lipinski definition) is 0. The molecule has 0 aliphatic carbocycles. The highest BCUT2D eigenvalue weighted by atomic mass is 32.2. The topological polar surface area (TPSA) is 92.7 Å². The Morgan fingerprint density at radius 2 is 1.39 bits per heavy atom. The zero-order valence-electron chi connectivity index (χ0n) is 17.3. The van der Waals surface area contributed by atoms with Crippen molar-refractivity contribution in [3.63, 3.8) is 0 Å². The molecule has 1 heterocycles. The van der Waals surface area contributed by atoms with Crippen LogP contribution in [-0.4, -0.2) is 38.7 Å². The molecular formula is C22H17F3O6S2. The second-order valence-corrected chi connectivity index (χ2v) is 9.89. The standard InChI is InChI=1S/C21H17O3S.CHF3O3S/c1-23-18-12-11-14(13-17(18)21(22)24-2)25-19-9-5-3-7-15(19)16-8-4-6-10-20(16)25;2-1(3,4)8(5,6)7/h3-13H,1-2H3;(H,5,6,7)/q+1;/p-1. The average molecular weight is 499 g/mol. The summed E-state index contributed by atoms with van der Waals surface area (Å²) in [6, 6.07) is 22.7. The Labute approximate surface area is 189 Å². The van der Waals surface area contributed by atoms with Crippen LogP contribution in [0.3, 0.4) is 0 Å². The molecule has 0 fully saturated rings. The maximum Gasteiger partial charge on any atom is 0.485 e. The maximum absolute atomic E-state index is 12.2. The zero-order valence-corrected chi connectivity index (χ0v) is 18.9. The molecule has 3 aromatic carbocycles. The Hall–Kier alpha value is -3.15. The average Bonchev–Trinajstić information content (AvgIpc) is 3.12. The molecule has 4 rings (SSSR count). The lowest BCUT2D eigenvalue weighted by molar-refractivity contribution is -0.0517. The first-order chi connectivity index (χ1) is 15.5. The van der Waals surface area contributed by atoms with Crippen LogP contribution in [-0.2, 0) is 14.9 Å². The summed E-state index contributed by atoms with van der Waals surface area (Å²) in [6.45, 7) is 0. The lowest BCUT2D eigenvalue weighted by Gasteiger charge is -2.08. The number of halogens is 3. The fraction of sp³-hybridized carbons (Fsp3) is 0.136. The monoisotopic (exact) mass is 498 g/mol. The van der Waals surface area contributed by atoms with E-state index in [0.717, 1.165) is 4.90 Å². The van der Waals surface area contributed by atoms with E-state index in [2.05, 4.69) is 48.5 Å². The predicted molar refractivity (Wildman–Crippen MR) is 119 cm³/mol. The second-order valence-electron chi connectivity index (χ2n) is 6.55. The van der Waals surface area contributed by atoms with Crippen LogP contribution in [0.25, 0.3) is 25.1 Å². The number of carbonyl (C=O) groups excluding carboxylic acids is 1. The van der Waals surface area contributed by atoms with Crippen molar-refractivity contribution in [3.05, 3.63) is 72.3 Å². The molecule has 0 aliphatic rings. The number of methoxy groups -OCH3 is 2. The summed E-state index contributed by atoms with van der Waals surface area (Å²) in [5.41, 5.74) is -5.19. The maximum atomic E-state index is 12.2. The summed E-state index contributed by atoms with van der Waals surface area (Å²) >= 11 is 0. The lowest BCUT2D eigenvalue weighted by atomic mass is 10.2. The normalized spacial score (nSPS) is 11.7. The van der Waals surface area contributed by atoms with Crippen LogP contribution < -0.4 is 4.74 Å². The largest absolute Gasteiger partial charge is 0.741 e. The van der Waals surface area contributed by atoms with Gasteiger partial charge in [0.2, 0.25) is 0 Å². The number of carbonyl (C=O) groups is 1. The molecule has 0 saturated heterocycles. The van der Waals surface area contributed by atoms with Crippen molar-refractivity contribution in [2.24, 2.45) is 0 Å². The van der Waals surface area contributed by atoms with Crippen LogP contribution in [0.15, 0.2) is 66.7 Å². The van der Waals surface area contributed by atoms with Crippen molar-refractivity contribution in [3.8, 4) is 10.6 Å². The van der Waals surface area contributed by atoms with Gasteiger partial charge in [-0.25, -0.2) is 13.2 Å². The van der Waals surface area contributed by atoms with Gasteiger partial charge in [0.25, 0.3) is 0 Å². The minimum Gasteiger partial charge on any atom is -0.741 e. The SMILES string of the molecule is COC(=O)c1cc(-[s+]2c3ccccc3c3ccccc32)ccc1OC.O=S(=O)([O-])C(F)(F)F. The number of rotatable bonds is 3. The van der Waals surface area contributed by atoms with Gasteiger partial charge in [0.15, 0.2) is 24.4 Å².